The molecule has 0 radical (unpaired) electrons. The minimum Gasteiger partial charge on any atom is -0.468 e. The fourth-order valence-corrected chi connectivity index (χ4v) is 2.72. The predicted octanol–water partition coefficient (Wildman–Crippen LogP) is 2.04. The number of imidazole rings is 1. The molecule has 1 aliphatic rings. The first-order valence-corrected chi connectivity index (χ1v) is 7.10. The van der Waals surface area contributed by atoms with Crippen molar-refractivity contribution in [3.8, 4) is 0 Å². The summed E-state index contributed by atoms with van der Waals surface area (Å²) in [6.45, 7) is 2.98. The van der Waals surface area contributed by atoms with Gasteiger partial charge in [0.1, 0.15) is 6.04 Å². The molecule has 19 heavy (non-hydrogen) atoms. The molecule has 0 amide bonds. The molecule has 106 valence electrons. The first-order valence-electron chi connectivity index (χ1n) is 7.10. The number of nitrogens with one attached hydrogen (secondary N) is 1. The van der Waals surface area contributed by atoms with E-state index in [0.717, 1.165) is 31.5 Å². The molecule has 0 aliphatic heterocycles. The lowest BCUT2D eigenvalue weighted by molar-refractivity contribution is -0.143. The molecular weight excluding hydrogens is 242 g/mol. The van der Waals surface area contributed by atoms with Crippen LogP contribution in [0.5, 0.6) is 0 Å². The third kappa shape index (κ3) is 3.35. The summed E-state index contributed by atoms with van der Waals surface area (Å²) in [5.41, 5.74) is 0.903. The molecule has 1 fully saturated rings. The number of esters is 1. The molecule has 1 aromatic rings. The van der Waals surface area contributed by atoms with Crippen LogP contribution >= 0.6 is 0 Å². The molecule has 1 saturated carbocycles. The second-order valence-corrected chi connectivity index (χ2v) is 5.12. The maximum Gasteiger partial charge on any atom is 0.329 e. The van der Waals surface area contributed by atoms with E-state index in [2.05, 4.69) is 17.2 Å². The number of aromatic nitrogens is 2. The van der Waals surface area contributed by atoms with Gasteiger partial charge in [-0.3, -0.25) is 5.32 Å². The number of hydrogen-bond donors (Lipinski definition) is 1. The Morgan fingerprint density at radius 3 is 2.95 bits per heavy atom. The van der Waals surface area contributed by atoms with E-state index >= 15 is 0 Å². The molecular formula is C14H23N3O2. The molecule has 1 N–H and O–H groups in total. The Hall–Kier alpha value is -1.36. The highest BCUT2D eigenvalue weighted by Crippen LogP contribution is 2.23. The van der Waals surface area contributed by atoms with Crippen LogP contribution < -0.4 is 5.32 Å². The molecule has 1 heterocycles. The summed E-state index contributed by atoms with van der Waals surface area (Å²) in [7, 11) is 1.44. The molecule has 1 atom stereocenters. The Balaban J connectivity index is 2.15. The zero-order chi connectivity index (χ0) is 13.7. The van der Waals surface area contributed by atoms with Crippen LogP contribution in [0.3, 0.4) is 0 Å². The Bertz CT molecular complexity index is 411. The summed E-state index contributed by atoms with van der Waals surface area (Å²) in [4.78, 5) is 16.2. The zero-order valence-electron chi connectivity index (χ0n) is 11.8. The first kappa shape index (κ1) is 14.1. The second-order valence-electron chi connectivity index (χ2n) is 5.12. The highest BCUT2D eigenvalue weighted by molar-refractivity contribution is 5.77. The van der Waals surface area contributed by atoms with Gasteiger partial charge in [-0.05, 0) is 19.3 Å². The fraction of sp³-hybridized carbons (Fsp3) is 0.714. The molecule has 1 unspecified atom stereocenters. The van der Waals surface area contributed by atoms with Gasteiger partial charge in [0.15, 0.2) is 0 Å². The summed E-state index contributed by atoms with van der Waals surface area (Å²) in [5.74, 6) is -0.232. The third-order valence-electron chi connectivity index (χ3n) is 3.70. The van der Waals surface area contributed by atoms with Gasteiger partial charge in [-0.15, -0.1) is 0 Å². The number of methoxy groups -OCH3 is 1. The molecule has 0 bridgehead atoms. The van der Waals surface area contributed by atoms with Crippen molar-refractivity contribution in [2.75, 3.05) is 7.11 Å². The Labute approximate surface area is 114 Å². The number of nitrogens with zero attached hydrogens (tertiary/aromatic N) is 2. The van der Waals surface area contributed by atoms with E-state index in [0.29, 0.717) is 6.04 Å². The summed E-state index contributed by atoms with van der Waals surface area (Å²) in [6, 6.07) is 0.0104. The monoisotopic (exact) mass is 265 g/mol. The largest absolute Gasteiger partial charge is 0.468 e. The molecule has 0 spiro atoms. The molecule has 0 aromatic carbocycles. The van der Waals surface area contributed by atoms with Gasteiger partial charge in [0.05, 0.1) is 25.3 Å². The van der Waals surface area contributed by atoms with E-state index in [1.807, 2.05) is 4.57 Å². The summed E-state index contributed by atoms with van der Waals surface area (Å²) in [5, 5.41) is 3.43. The van der Waals surface area contributed by atoms with Crippen LogP contribution in [-0.4, -0.2) is 28.7 Å². The first-order chi connectivity index (χ1) is 9.26. The van der Waals surface area contributed by atoms with E-state index < -0.39 is 6.04 Å². The van der Waals surface area contributed by atoms with Gasteiger partial charge in [-0.2, -0.15) is 0 Å². The van der Waals surface area contributed by atoms with Crippen LogP contribution in [0.2, 0.25) is 0 Å². The lowest BCUT2D eigenvalue weighted by Gasteiger charge is -2.22. The molecule has 1 aromatic heterocycles. The van der Waals surface area contributed by atoms with Crippen molar-refractivity contribution in [2.24, 2.45) is 0 Å². The predicted molar refractivity (Wildman–Crippen MR) is 72.7 cm³/mol. The van der Waals surface area contributed by atoms with E-state index in [-0.39, 0.29) is 5.97 Å². The lowest BCUT2D eigenvalue weighted by Crippen LogP contribution is -2.37. The molecule has 5 heteroatoms. The van der Waals surface area contributed by atoms with E-state index in [1.165, 1.54) is 20.0 Å². The van der Waals surface area contributed by atoms with Crippen LogP contribution in [-0.2, 0) is 16.1 Å². The van der Waals surface area contributed by atoms with Crippen molar-refractivity contribution in [2.45, 2.75) is 57.7 Å². The quantitative estimate of drug-likeness (QED) is 0.800. The summed E-state index contributed by atoms with van der Waals surface area (Å²) >= 11 is 0. The van der Waals surface area contributed by atoms with Crippen LogP contribution in [0.25, 0.3) is 0 Å². The summed E-state index contributed by atoms with van der Waals surface area (Å²) in [6.07, 6.45) is 9.30. The zero-order valence-corrected chi connectivity index (χ0v) is 11.8. The van der Waals surface area contributed by atoms with Gasteiger partial charge in [0.2, 0.25) is 0 Å². The minimum absolute atomic E-state index is 0.232. The standard InChI is InChI=1S/C14H23N3O2/c1-3-8-17-10-15-9-12(17)13(14(18)19-2)16-11-6-4-5-7-11/h9-11,13,16H,3-8H2,1-2H3. The maximum absolute atomic E-state index is 12.0. The smallest absolute Gasteiger partial charge is 0.329 e. The van der Waals surface area contributed by atoms with Crippen LogP contribution in [0.1, 0.15) is 50.8 Å². The highest BCUT2D eigenvalue weighted by Gasteiger charge is 2.28. The van der Waals surface area contributed by atoms with Crippen molar-refractivity contribution in [3.63, 3.8) is 0 Å². The fourth-order valence-electron chi connectivity index (χ4n) is 2.72. The number of carbonyl (C=O) groups is 1. The lowest BCUT2D eigenvalue weighted by atomic mass is 10.1. The van der Waals surface area contributed by atoms with Crippen LogP contribution in [0.4, 0.5) is 0 Å². The van der Waals surface area contributed by atoms with Crippen molar-refractivity contribution >= 4 is 5.97 Å². The van der Waals surface area contributed by atoms with Crippen molar-refractivity contribution in [1.29, 1.82) is 0 Å². The van der Waals surface area contributed by atoms with Gasteiger partial charge in [0.25, 0.3) is 0 Å². The Morgan fingerprint density at radius 2 is 2.32 bits per heavy atom. The number of aryl methyl sites for hydroxylation is 1. The van der Waals surface area contributed by atoms with Gasteiger partial charge < -0.3 is 9.30 Å². The van der Waals surface area contributed by atoms with E-state index in [1.54, 1.807) is 12.5 Å². The third-order valence-corrected chi connectivity index (χ3v) is 3.70. The van der Waals surface area contributed by atoms with Crippen molar-refractivity contribution < 1.29 is 9.53 Å². The second kappa shape index (κ2) is 6.70. The minimum atomic E-state index is -0.401. The molecule has 1 aliphatic carbocycles. The van der Waals surface area contributed by atoms with Crippen molar-refractivity contribution in [3.05, 3.63) is 18.2 Å². The topological polar surface area (TPSA) is 56.2 Å². The van der Waals surface area contributed by atoms with E-state index in [4.69, 9.17) is 4.74 Å². The highest BCUT2D eigenvalue weighted by atomic mass is 16.5. The van der Waals surface area contributed by atoms with Gasteiger partial charge >= 0.3 is 5.97 Å². The number of ether oxygens (including phenoxy) is 1. The SMILES string of the molecule is CCCn1cncc1C(NC1CCCC1)C(=O)OC. The van der Waals surface area contributed by atoms with Crippen LogP contribution in [0.15, 0.2) is 12.5 Å². The molecule has 0 saturated heterocycles. The average molecular weight is 265 g/mol. The summed E-state index contributed by atoms with van der Waals surface area (Å²) < 4.78 is 6.97. The van der Waals surface area contributed by atoms with Gasteiger partial charge in [-0.25, -0.2) is 9.78 Å². The van der Waals surface area contributed by atoms with Crippen molar-refractivity contribution in [1.82, 2.24) is 14.9 Å². The average Bonchev–Trinajstić information content (AvgIpc) is 3.07. The van der Waals surface area contributed by atoms with Gasteiger partial charge in [0, 0.05) is 12.6 Å². The van der Waals surface area contributed by atoms with E-state index in [9.17, 15) is 4.79 Å². The molecule has 2 rings (SSSR count). The van der Waals surface area contributed by atoms with Gasteiger partial charge in [-0.1, -0.05) is 19.8 Å². The molecule has 5 nitrogen and oxygen atoms in total. The Kier molecular flexibility index (Phi) is 4.96. The number of rotatable bonds is 6. The number of hydrogen-bond acceptors (Lipinski definition) is 4. The maximum atomic E-state index is 12.0. The normalized spacial score (nSPS) is 17.6. The van der Waals surface area contributed by atoms with Crippen LogP contribution in [0, 0.1) is 0 Å². The number of carbonyl (C=O) groups excluding carboxylic acids is 1. The Morgan fingerprint density at radius 1 is 1.58 bits per heavy atom.